The molecule has 0 bridgehead atoms. The molecule has 0 aliphatic carbocycles. The molecular formula is C19H24N6OS2. The van der Waals surface area contributed by atoms with Gasteiger partial charge in [0, 0.05) is 18.0 Å². The van der Waals surface area contributed by atoms with E-state index in [1.54, 1.807) is 7.05 Å². The molecule has 148 valence electrons. The standard InChI is InChI=1S/C19H24N6OS2/c1-3-4-5-6-7-14-8-10-15(11-9-14)16-12-27-18(20-16)21-17(26)13-28-19-22-23-24-25(19)2/h8-12H,3-7,13H2,1-2H3,(H,20,21,26). The summed E-state index contributed by atoms with van der Waals surface area (Å²) in [5.41, 5.74) is 3.30. The van der Waals surface area contributed by atoms with Crippen LogP contribution in [0.5, 0.6) is 0 Å². The lowest BCUT2D eigenvalue weighted by molar-refractivity contribution is -0.113. The molecule has 0 fully saturated rings. The summed E-state index contributed by atoms with van der Waals surface area (Å²) in [6.07, 6.45) is 6.22. The molecule has 0 aliphatic heterocycles. The van der Waals surface area contributed by atoms with Gasteiger partial charge in [0.05, 0.1) is 11.4 Å². The highest BCUT2D eigenvalue weighted by atomic mass is 32.2. The first-order chi connectivity index (χ1) is 13.7. The van der Waals surface area contributed by atoms with Crippen LogP contribution in [0, 0.1) is 0 Å². The summed E-state index contributed by atoms with van der Waals surface area (Å²) >= 11 is 2.71. The summed E-state index contributed by atoms with van der Waals surface area (Å²) < 4.78 is 1.53. The number of hydrogen-bond acceptors (Lipinski definition) is 7. The maximum absolute atomic E-state index is 12.1. The molecule has 7 nitrogen and oxygen atoms in total. The molecule has 2 aromatic heterocycles. The zero-order valence-electron chi connectivity index (χ0n) is 16.1. The van der Waals surface area contributed by atoms with Gasteiger partial charge in [0.2, 0.25) is 11.1 Å². The Hall–Kier alpha value is -2.26. The molecule has 3 aromatic rings. The Labute approximate surface area is 173 Å². The summed E-state index contributed by atoms with van der Waals surface area (Å²) in [5, 5.41) is 17.1. The largest absolute Gasteiger partial charge is 0.301 e. The van der Waals surface area contributed by atoms with Gasteiger partial charge in [0.25, 0.3) is 0 Å². The van der Waals surface area contributed by atoms with Crippen LogP contribution in [0.25, 0.3) is 11.3 Å². The Balaban J connectivity index is 1.50. The van der Waals surface area contributed by atoms with Crippen LogP contribution in [-0.4, -0.2) is 36.9 Å². The van der Waals surface area contributed by atoms with E-state index in [1.807, 2.05) is 5.38 Å². The summed E-state index contributed by atoms with van der Waals surface area (Å²) in [7, 11) is 1.74. The fraction of sp³-hybridized carbons (Fsp3) is 0.421. The molecule has 0 saturated heterocycles. The van der Waals surface area contributed by atoms with Crippen LogP contribution < -0.4 is 5.32 Å². The van der Waals surface area contributed by atoms with Crippen molar-refractivity contribution in [3.63, 3.8) is 0 Å². The summed E-state index contributed by atoms with van der Waals surface area (Å²) in [6.45, 7) is 2.23. The van der Waals surface area contributed by atoms with Gasteiger partial charge in [-0.25, -0.2) is 9.67 Å². The second-order valence-electron chi connectivity index (χ2n) is 6.47. The van der Waals surface area contributed by atoms with E-state index in [9.17, 15) is 4.79 Å². The number of aromatic nitrogens is 5. The maximum Gasteiger partial charge on any atom is 0.236 e. The van der Waals surface area contributed by atoms with E-state index in [0.29, 0.717) is 10.3 Å². The number of benzene rings is 1. The number of thiazole rings is 1. The predicted octanol–water partition coefficient (Wildman–Crippen LogP) is 4.19. The van der Waals surface area contributed by atoms with E-state index in [0.717, 1.165) is 17.7 Å². The first-order valence-electron chi connectivity index (χ1n) is 9.35. The minimum absolute atomic E-state index is 0.128. The fourth-order valence-electron chi connectivity index (χ4n) is 2.69. The molecule has 28 heavy (non-hydrogen) atoms. The Morgan fingerprint density at radius 3 is 2.75 bits per heavy atom. The molecular weight excluding hydrogens is 392 g/mol. The number of carbonyl (C=O) groups excluding carboxylic acids is 1. The van der Waals surface area contributed by atoms with Gasteiger partial charge in [-0.1, -0.05) is 62.2 Å². The average molecular weight is 417 g/mol. The summed E-state index contributed by atoms with van der Waals surface area (Å²) in [4.78, 5) is 16.6. The molecule has 2 heterocycles. The Morgan fingerprint density at radius 2 is 2.04 bits per heavy atom. The Morgan fingerprint density at radius 1 is 1.21 bits per heavy atom. The lowest BCUT2D eigenvalue weighted by Crippen LogP contribution is -2.14. The van der Waals surface area contributed by atoms with E-state index in [2.05, 4.69) is 57.0 Å². The van der Waals surface area contributed by atoms with Gasteiger partial charge in [-0.05, 0) is 28.8 Å². The topological polar surface area (TPSA) is 85.6 Å². The molecule has 0 radical (unpaired) electrons. The average Bonchev–Trinajstić information content (AvgIpc) is 3.33. The second-order valence-corrected chi connectivity index (χ2v) is 8.27. The van der Waals surface area contributed by atoms with Crippen molar-refractivity contribution in [2.75, 3.05) is 11.1 Å². The quantitative estimate of drug-likeness (QED) is 0.394. The number of amides is 1. The van der Waals surface area contributed by atoms with E-state index >= 15 is 0 Å². The van der Waals surface area contributed by atoms with Crippen molar-refractivity contribution in [1.82, 2.24) is 25.2 Å². The zero-order chi connectivity index (χ0) is 19.8. The number of thioether (sulfide) groups is 1. The van der Waals surface area contributed by atoms with Gasteiger partial charge in [0.1, 0.15) is 0 Å². The number of unbranched alkanes of at least 4 members (excludes halogenated alkanes) is 3. The molecule has 0 saturated carbocycles. The number of nitrogens with one attached hydrogen (secondary N) is 1. The van der Waals surface area contributed by atoms with Crippen molar-refractivity contribution in [1.29, 1.82) is 0 Å². The lowest BCUT2D eigenvalue weighted by atomic mass is 10.0. The first-order valence-corrected chi connectivity index (χ1v) is 11.2. The van der Waals surface area contributed by atoms with Crippen molar-refractivity contribution in [3.8, 4) is 11.3 Å². The van der Waals surface area contributed by atoms with Gasteiger partial charge in [-0.3, -0.25) is 4.79 Å². The third kappa shape index (κ3) is 5.87. The van der Waals surface area contributed by atoms with Gasteiger partial charge in [-0.15, -0.1) is 16.4 Å². The molecule has 1 N–H and O–H groups in total. The molecule has 0 unspecified atom stereocenters. The number of hydrogen-bond donors (Lipinski definition) is 1. The van der Waals surface area contributed by atoms with Crippen LogP contribution in [0.2, 0.25) is 0 Å². The van der Waals surface area contributed by atoms with Crippen LogP contribution in [0.1, 0.15) is 38.2 Å². The predicted molar refractivity (Wildman–Crippen MR) is 114 cm³/mol. The molecule has 1 amide bonds. The highest BCUT2D eigenvalue weighted by Crippen LogP contribution is 2.26. The third-order valence-corrected chi connectivity index (χ3v) is 6.00. The first kappa shape index (κ1) is 20.5. The van der Waals surface area contributed by atoms with Crippen molar-refractivity contribution >= 4 is 34.1 Å². The minimum Gasteiger partial charge on any atom is -0.301 e. The highest BCUT2D eigenvalue weighted by molar-refractivity contribution is 7.99. The molecule has 3 rings (SSSR count). The maximum atomic E-state index is 12.1. The fourth-order valence-corrected chi connectivity index (χ4v) is 4.08. The Bertz CT molecular complexity index is 890. The summed E-state index contributed by atoms with van der Waals surface area (Å²) in [5.74, 6) is 0.104. The molecule has 9 heteroatoms. The number of rotatable bonds is 10. The van der Waals surface area contributed by atoms with E-state index in [4.69, 9.17) is 0 Å². The highest BCUT2D eigenvalue weighted by Gasteiger charge is 2.11. The molecule has 1 aromatic carbocycles. The Kier molecular flexibility index (Phi) is 7.55. The summed E-state index contributed by atoms with van der Waals surface area (Å²) in [6, 6.07) is 8.55. The van der Waals surface area contributed by atoms with Crippen LogP contribution in [-0.2, 0) is 18.3 Å². The number of tetrazole rings is 1. The number of aryl methyl sites for hydroxylation is 2. The van der Waals surface area contributed by atoms with Gasteiger partial charge in [0.15, 0.2) is 5.13 Å². The molecule has 0 aliphatic rings. The number of anilines is 1. The van der Waals surface area contributed by atoms with E-state index < -0.39 is 0 Å². The van der Waals surface area contributed by atoms with Crippen LogP contribution >= 0.6 is 23.1 Å². The van der Waals surface area contributed by atoms with Crippen molar-refractivity contribution in [2.45, 2.75) is 44.2 Å². The van der Waals surface area contributed by atoms with Crippen LogP contribution in [0.15, 0.2) is 34.8 Å². The smallest absolute Gasteiger partial charge is 0.236 e. The van der Waals surface area contributed by atoms with E-state index in [-0.39, 0.29) is 11.7 Å². The second kappa shape index (κ2) is 10.3. The van der Waals surface area contributed by atoms with Gasteiger partial charge < -0.3 is 5.32 Å². The lowest BCUT2D eigenvalue weighted by Gasteiger charge is -2.03. The minimum atomic E-state index is -0.128. The van der Waals surface area contributed by atoms with Crippen molar-refractivity contribution in [3.05, 3.63) is 35.2 Å². The van der Waals surface area contributed by atoms with Crippen LogP contribution in [0.3, 0.4) is 0 Å². The van der Waals surface area contributed by atoms with Crippen LogP contribution in [0.4, 0.5) is 5.13 Å². The van der Waals surface area contributed by atoms with Crippen molar-refractivity contribution < 1.29 is 4.79 Å². The molecule has 0 atom stereocenters. The van der Waals surface area contributed by atoms with Gasteiger partial charge in [-0.2, -0.15) is 0 Å². The normalized spacial score (nSPS) is 10.9. The SMILES string of the molecule is CCCCCCc1ccc(-c2csc(NC(=O)CSc3nnnn3C)n2)cc1. The third-order valence-electron chi connectivity index (χ3n) is 4.23. The molecule has 0 spiro atoms. The van der Waals surface area contributed by atoms with E-state index in [1.165, 1.54) is 59.0 Å². The zero-order valence-corrected chi connectivity index (χ0v) is 17.7. The van der Waals surface area contributed by atoms with Gasteiger partial charge >= 0.3 is 0 Å². The van der Waals surface area contributed by atoms with Crippen molar-refractivity contribution in [2.24, 2.45) is 7.05 Å². The number of carbonyl (C=O) groups is 1. The monoisotopic (exact) mass is 416 g/mol. The number of nitrogens with zero attached hydrogens (tertiary/aromatic N) is 5.